The zero-order valence-electron chi connectivity index (χ0n) is 22.2. The number of halogens is 1. The highest BCUT2D eigenvalue weighted by atomic mass is 19.1. The zero-order valence-corrected chi connectivity index (χ0v) is 22.2. The van der Waals surface area contributed by atoms with Gasteiger partial charge in [0.05, 0.1) is 41.5 Å². The van der Waals surface area contributed by atoms with Crippen LogP contribution in [0.1, 0.15) is 42.4 Å². The monoisotopic (exact) mass is 535 g/mol. The summed E-state index contributed by atoms with van der Waals surface area (Å²) in [4.78, 5) is 17.3. The van der Waals surface area contributed by atoms with Gasteiger partial charge in [-0.15, -0.1) is 0 Å². The molecule has 1 amide bonds. The number of aromatic nitrogens is 4. The molecule has 11 heteroatoms. The van der Waals surface area contributed by atoms with Crippen LogP contribution in [0.2, 0.25) is 0 Å². The Morgan fingerprint density at radius 3 is 2.97 bits per heavy atom. The van der Waals surface area contributed by atoms with Crippen LogP contribution in [0.4, 0.5) is 10.1 Å². The average molecular weight is 536 g/mol. The number of benzene rings is 1. The lowest BCUT2D eigenvalue weighted by Gasteiger charge is -2.28. The summed E-state index contributed by atoms with van der Waals surface area (Å²) in [5.41, 5.74) is 3.25. The van der Waals surface area contributed by atoms with Crippen LogP contribution in [-0.2, 0) is 23.4 Å². The predicted octanol–water partition coefficient (Wildman–Crippen LogP) is 3.69. The van der Waals surface area contributed by atoms with Gasteiger partial charge in [0.1, 0.15) is 6.17 Å². The highest BCUT2D eigenvalue weighted by Gasteiger charge is 2.44. The molecule has 3 aromatic heterocycles. The number of nitrogens with one attached hydrogen (secondary N) is 3. The molecule has 0 unspecified atom stereocenters. The molecule has 2 atom stereocenters. The molecule has 206 valence electrons. The molecule has 4 heterocycles. The van der Waals surface area contributed by atoms with Gasteiger partial charge in [-0.3, -0.25) is 4.79 Å². The number of aryl methyl sites for hydroxylation is 1. The van der Waals surface area contributed by atoms with Gasteiger partial charge in [-0.1, -0.05) is 11.2 Å². The number of carbonyl (C=O) groups is 1. The molecular weight excluding hydrogens is 501 g/mol. The fraction of sp³-hybridized carbons (Fsp3) is 0.464. The van der Waals surface area contributed by atoms with Gasteiger partial charge in [0.2, 0.25) is 11.7 Å². The van der Waals surface area contributed by atoms with Crippen molar-refractivity contribution >= 4 is 22.5 Å². The molecule has 0 spiro atoms. The van der Waals surface area contributed by atoms with E-state index in [0.717, 1.165) is 48.1 Å². The molecule has 0 radical (unpaired) electrons. The molecule has 6 rings (SSSR count). The van der Waals surface area contributed by atoms with E-state index >= 15 is 0 Å². The molecule has 10 nitrogen and oxygen atoms in total. The van der Waals surface area contributed by atoms with Crippen LogP contribution >= 0.6 is 0 Å². The number of hydrogen-bond acceptors (Lipinski definition) is 7. The van der Waals surface area contributed by atoms with E-state index in [1.165, 1.54) is 0 Å². The Morgan fingerprint density at radius 1 is 1.33 bits per heavy atom. The number of hydrogen-bond donors (Lipinski definition) is 3. The molecule has 1 aliphatic carbocycles. The minimum absolute atomic E-state index is 0.0248. The summed E-state index contributed by atoms with van der Waals surface area (Å²) in [6.45, 7) is 4.65. The van der Waals surface area contributed by atoms with Crippen molar-refractivity contribution in [3.63, 3.8) is 0 Å². The van der Waals surface area contributed by atoms with Crippen molar-refractivity contribution in [1.82, 2.24) is 29.9 Å². The molecule has 1 aliphatic heterocycles. The number of anilines is 1. The summed E-state index contributed by atoms with van der Waals surface area (Å²) in [5, 5.41) is 14.6. The summed E-state index contributed by atoms with van der Waals surface area (Å²) < 4.78 is 29.5. The first-order valence-corrected chi connectivity index (χ1v) is 13.5. The Labute approximate surface area is 225 Å². The van der Waals surface area contributed by atoms with E-state index in [4.69, 9.17) is 9.26 Å². The van der Waals surface area contributed by atoms with Crippen molar-refractivity contribution in [2.45, 2.75) is 57.0 Å². The number of nitrogens with zero attached hydrogens (tertiary/aromatic N) is 4. The molecule has 2 aliphatic rings. The summed E-state index contributed by atoms with van der Waals surface area (Å²) in [7, 11) is 1.70. The smallest absolute Gasteiger partial charge is 0.253 e. The van der Waals surface area contributed by atoms with E-state index in [1.54, 1.807) is 7.11 Å². The Morgan fingerprint density at radius 2 is 2.21 bits per heavy atom. The molecular formula is C28H34FN7O3. The van der Waals surface area contributed by atoms with Crippen LogP contribution in [0.5, 0.6) is 0 Å². The van der Waals surface area contributed by atoms with Gasteiger partial charge in [-0.2, -0.15) is 4.98 Å². The second-order valence-electron chi connectivity index (χ2n) is 10.4. The quantitative estimate of drug-likeness (QED) is 0.284. The standard InChI is InChI=1S/C28H34FN7O3/c1-3-36-23-6-4-5-21(32-22-7-11-30-14-20(22)29)19(23)13-24(36)26-33-25(39-34-26)15-31-27(37)18-8-12-35(16-18)28(9-10-28)17-38-2/h4-6,8,12-13,16,20,22,30,32H,3,7,9-11,14-15,17H2,1-2H3,(H,31,37)/t20-,22+/m0/s1. The van der Waals surface area contributed by atoms with Crippen LogP contribution in [0.15, 0.2) is 47.2 Å². The number of ether oxygens (including phenoxy) is 1. The van der Waals surface area contributed by atoms with Crippen LogP contribution in [-0.4, -0.2) is 64.2 Å². The zero-order chi connectivity index (χ0) is 27.0. The van der Waals surface area contributed by atoms with Crippen molar-refractivity contribution < 1.29 is 18.4 Å². The lowest BCUT2D eigenvalue weighted by molar-refractivity contribution is 0.0945. The number of rotatable bonds is 10. The third kappa shape index (κ3) is 4.92. The second-order valence-corrected chi connectivity index (χ2v) is 10.4. The largest absolute Gasteiger partial charge is 0.382 e. The number of methoxy groups -OCH3 is 1. The Balaban J connectivity index is 1.17. The molecule has 3 N–H and O–H groups in total. The third-order valence-electron chi connectivity index (χ3n) is 7.85. The minimum Gasteiger partial charge on any atom is -0.382 e. The Kier molecular flexibility index (Phi) is 6.86. The van der Waals surface area contributed by atoms with Crippen molar-refractivity contribution in [2.24, 2.45) is 0 Å². The van der Waals surface area contributed by atoms with Crippen LogP contribution in [0.25, 0.3) is 22.4 Å². The molecule has 2 fully saturated rings. The van der Waals surface area contributed by atoms with E-state index in [1.807, 2.05) is 42.7 Å². The topological polar surface area (TPSA) is 111 Å². The van der Waals surface area contributed by atoms with Gasteiger partial charge in [0.15, 0.2) is 0 Å². The molecule has 1 saturated heterocycles. The van der Waals surface area contributed by atoms with Gasteiger partial charge in [-0.25, -0.2) is 4.39 Å². The van der Waals surface area contributed by atoms with Gasteiger partial charge in [0.25, 0.3) is 5.91 Å². The fourth-order valence-electron chi connectivity index (χ4n) is 5.52. The molecule has 0 bridgehead atoms. The highest BCUT2D eigenvalue weighted by Crippen LogP contribution is 2.43. The maximum atomic E-state index is 14.5. The predicted molar refractivity (Wildman–Crippen MR) is 145 cm³/mol. The van der Waals surface area contributed by atoms with Crippen LogP contribution in [0, 0.1) is 0 Å². The normalized spacial score (nSPS) is 20.3. The first kappa shape index (κ1) is 25.6. The summed E-state index contributed by atoms with van der Waals surface area (Å²) in [6, 6.07) is 9.57. The van der Waals surface area contributed by atoms with Gasteiger partial charge < -0.3 is 34.3 Å². The van der Waals surface area contributed by atoms with E-state index in [-0.39, 0.29) is 24.0 Å². The van der Waals surface area contributed by atoms with Crippen molar-refractivity contribution in [2.75, 3.05) is 32.1 Å². The number of fused-ring (bicyclic) bond motifs is 1. The SMILES string of the molecule is CCn1c(-c2noc(CNC(=O)c3ccn(C4(COC)CC4)c3)n2)cc2c(N[C@@H]3CCNC[C@@H]3F)cccc21. The van der Waals surface area contributed by atoms with E-state index in [9.17, 15) is 9.18 Å². The lowest BCUT2D eigenvalue weighted by Crippen LogP contribution is -2.45. The number of piperidine rings is 1. The van der Waals surface area contributed by atoms with Gasteiger partial charge in [0, 0.05) is 43.7 Å². The van der Waals surface area contributed by atoms with Crippen LogP contribution < -0.4 is 16.0 Å². The Hall–Kier alpha value is -3.70. The summed E-state index contributed by atoms with van der Waals surface area (Å²) in [6.07, 6.45) is 5.65. The van der Waals surface area contributed by atoms with Crippen LogP contribution in [0.3, 0.4) is 0 Å². The first-order chi connectivity index (χ1) is 19.0. The van der Waals surface area contributed by atoms with E-state index < -0.39 is 6.17 Å². The summed E-state index contributed by atoms with van der Waals surface area (Å²) >= 11 is 0. The first-order valence-electron chi connectivity index (χ1n) is 13.5. The molecule has 4 aromatic rings. The molecule has 1 aromatic carbocycles. The van der Waals surface area contributed by atoms with E-state index in [0.29, 0.717) is 37.0 Å². The van der Waals surface area contributed by atoms with Crippen molar-refractivity contribution in [3.8, 4) is 11.5 Å². The maximum Gasteiger partial charge on any atom is 0.253 e. The number of carbonyl (C=O) groups excluding carboxylic acids is 1. The average Bonchev–Trinajstić information content (AvgIpc) is 3.32. The third-order valence-corrected chi connectivity index (χ3v) is 7.85. The minimum atomic E-state index is -0.949. The van der Waals surface area contributed by atoms with Gasteiger partial charge in [-0.05, 0) is 57.0 Å². The number of amides is 1. The fourth-order valence-corrected chi connectivity index (χ4v) is 5.52. The Bertz CT molecular complexity index is 1470. The van der Waals surface area contributed by atoms with Crippen molar-refractivity contribution in [3.05, 3.63) is 54.2 Å². The van der Waals surface area contributed by atoms with Crippen molar-refractivity contribution in [1.29, 1.82) is 0 Å². The summed E-state index contributed by atoms with van der Waals surface area (Å²) in [5.74, 6) is 0.552. The van der Waals surface area contributed by atoms with Gasteiger partial charge >= 0.3 is 0 Å². The number of alkyl halides is 1. The molecule has 39 heavy (non-hydrogen) atoms. The molecule has 1 saturated carbocycles. The second kappa shape index (κ2) is 10.5. The van der Waals surface area contributed by atoms with E-state index in [2.05, 4.69) is 42.1 Å². The highest BCUT2D eigenvalue weighted by molar-refractivity contribution is 5.96. The maximum absolute atomic E-state index is 14.5. The lowest BCUT2D eigenvalue weighted by atomic mass is 10.0.